The number of ketones is 1. The van der Waals surface area contributed by atoms with E-state index in [1.54, 1.807) is 0 Å². The van der Waals surface area contributed by atoms with Gasteiger partial charge in [0.1, 0.15) is 6.10 Å². The molecule has 0 radical (unpaired) electrons. The van der Waals surface area contributed by atoms with Crippen LogP contribution in [0.4, 0.5) is 0 Å². The topological polar surface area (TPSA) is 43.4 Å². The Hall–Kier alpha value is -1.38. The van der Waals surface area contributed by atoms with E-state index in [4.69, 9.17) is 4.74 Å². The Bertz CT molecular complexity index is 865. The zero-order valence-corrected chi connectivity index (χ0v) is 20.1. The van der Waals surface area contributed by atoms with Crippen molar-refractivity contribution in [1.29, 1.82) is 0 Å². The van der Waals surface area contributed by atoms with E-state index < -0.39 is 0 Å². The van der Waals surface area contributed by atoms with Crippen LogP contribution in [-0.4, -0.2) is 17.9 Å². The second-order valence-electron chi connectivity index (χ2n) is 12.1. The molecular weight excluding hydrogens is 384 g/mol. The summed E-state index contributed by atoms with van der Waals surface area (Å²) in [4.78, 5) is 24.4. The van der Waals surface area contributed by atoms with Crippen molar-refractivity contribution in [3.05, 3.63) is 22.8 Å². The van der Waals surface area contributed by atoms with Gasteiger partial charge >= 0.3 is 5.97 Å². The monoisotopic (exact) mass is 424 g/mol. The summed E-state index contributed by atoms with van der Waals surface area (Å²) in [6, 6.07) is 0. The minimum absolute atomic E-state index is 0.0391. The molecule has 5 rings (SSSR count). The predicted octanol–water partition coefficient (Wildman–Crippen LogP) is 6.42. The summed E-state index contributed by atoms with van der Waals surface area (Å²) in [5.74, 6) is 3.63. The van der Waals surface area contributed by atoms with E-state index in [1.165, 1.54) is 43.3 Å². The lowest BCUT2D eigenvalue weighted by atomic mass is 9.46. The number of hydrogen-bond donors (Lipinski definition) is 0. The van der Waals surface area contributed by atoms with Gasteiger partial charge < -0.3 is 4.74 Å². The molecular formula is C28H40O3. The minimum Gasteiger partial charge on any atom is -0.458 e. The highest BCUT2D eigenvalue weighted by Gasteiger charge is 2.60. The standard InChI is InChI=1S/C28H40O3/c1-16-14-25(31-26(30)17(16)2)18(3)22-8-9-23-21-7-6-19-15-20(29)10-12-27(19,4)24(21)11-13-28(22,23)5/h15,18,21-25H,6-14H2,1-5H3/t18-,21?,22+,23?,24?,25?,27-,28+/m0/s1. The maximum Gasteiger partial charge on any atom is 0.333 e. The van der Waals surface area contributed by atoms with Gasteiger partial charge in [-0.2, -0.15) is 0 Å². The molecule has 0 amide bonds. The summed E-state index contributed by atoms with van der Waals surface area (Å²) in [6.07, 6.45) is 12.3. The van der Waals surface area contributed by atoms with Gasteiger partial charge in [-0.05, 0) is 105 Å². The van der Waals surface area contributed by atoms with E-state index in [1.807, 2.05) is 13.0 Å². The van der Waals surface area contributed by atoms with E-state index >= 15 is 0 Å². The Morgan fingerprint density at radius 3 is 2.52 bits per heavy atom. The molecule has 5 aliphatic rings. The number of carbonyl (C=O) groups is 2. The van der Waals surface area contributed by atoms with Crippen LogP contribution in [0.2, 0.25) is 0 Å². The van der Waals surface area contributed by atoms with Gasteiger partial charge in [0.2, 0.25) is 0 Å². The largest absolute Gasteiger partial charge is 0.458 e. The average molecular weight is 425 g/mol. The molecule has 3 heteroatoms. The molecule has 0 aromatic heterocycles. The molecule has 3 nitrogen and oxygen atoms in total. The van der Waals surface area contributed by atoms with Gasteiger partial charge in [0.05, 0.1) is 0 Å². The summed E-state index contributed by atoms with van der Waals surface area (Å²) in [6.45, 7) is 11.4. The molecule has 0 aromatic rings. The number of rotatable bonds is 2. The number of cyclic esters (lactones) is 1. The summed E-state index contributed by atoms with van der Waals surface area (Å²) < 4.78 is 5.94. The van der Waals surface area contributed by atoms with Crippen molar-refractivity contribution < 1.29 is 14.3 Å². The quantitative estimate of drug-likeness (QED) is 0.480. The highest BCUT2D eigenvalue weighted by atomic mass is 16.5. The molecule has 3 saturated carbocycles. The fourth-order valence-electron chi connectivity index (χ4n) is 8.91. The number of allylic oxidation sites excluding steroid dienone is 1. The molecule has 0 spiro atoms. The highest BCUT2D eigenvalue weighted by Crippen LogP contribution is 2.67. The fraction of sp³-hybridized carbons (Fsp3) is 0.786. The average Bonchev–Trinajstić information content (AvgIpc) is 3.08. The molecule has 170 valence electrons. The lowest BCUT2D eigenvalue weighted by Gasteiger charge is -2.58. The van der Waals surface area contributed by atoms with Crippen LogP contribution in [0.5, 0.6) is 0 Å². The predicted molar refractivity (Wildman–Crippen MR) is 122 cm³/mol. The second kappa shape index (κ2) is 7.32. The summed E-state index contributed by atoms with van der Waals surface area (Å²) in [5.41, 5.74) is 4.09. The number of fused-ring (bicyclic) bond motifs is 5. The maximum absolute atomic E-state index is 12.4. The number of carbonyl (C=O) groups excluding carboxylic acids is 2. The van der Waals surface area contributed by atoms with Gasteiger partial charge in [-0.3, -0.25) is 4.79 Å². The molecule has 4 unspecified atom stereocenters. The van der Waals surface area contributed by atoms with Crippen LogP contribution in [0.1, 0.15) is 92.4 Å². The van der Waals surface area contributed by atoms with Gasteiger partial charge in [0, 0.05) is 18.4 Å². The smallest absolute Gasteiger partial charge is 0.333 e. The molecule has 1 aliphatic heterocycles. The summed E-state index contributed by atoms with van der Waals surface area (Å²) in [5, 5.41) is 0. The molecule has 0 N–H and O–H groups in total. The first-order valence-corrected chi connectivity index (χ1v) is 12.8. The fourth-order valence-corrected chi connectivity index (χ4v) is 8.91. The molecule has 31 heavy (non-hydrogen) atoms. The van der Waals surface area contributed by atoms with Gasteiger partial charge in [-0.15, -0.1) is 0 Å². The molecule has 0 aromatic carbocycles. The Labute approximate surface area is 188 Å². The maximum atomic E-state index is 12.4. The van der Waals surface area contributed by atoms with Crippen LogP contribution < -0.4 is 0 Å². The van der Waals surface area contributed by atoms with Gasteiger partial charge in [0.15, 0.2) is 5.78 Å². The second-order valence-corrected chi connectivity index (χ2v) is 12.1. The number of ether oxygens (including phenoxy) is 1. The van der Waals surface area contributed by atoms with E-state index in [0.29, 0.717) is 23.0 Å². The molecule has 4 aliphatic carbocycles. The Morgan fingerprint density at radius 2 is 1.77 bits per heavy atom. The Morgan fingerprint density at radius 1 is 1.00 bits per heavy atom. The van der Waals surface area contributed by atoms with E-state index in [2.05, 4.69) is 27.7 Å². The Kier molecular flexibility index (Phi) is 5.07. The summed E-state index contributed by atoms with van der Waals surface area (Å²) >= 11 is 0. The van der Waals surface area contributed by atoms with Gasteiger partial charge in [-0.1, -0.05) is 31.9 Å². The van der Waals surface area contributed by atoms with Crippen molar-refractivity contribution in [2.75, 3.05) is 0 Å². The lowest BCUT2D eigenvalue weighted by molar-refractivity contribution is -0.151. The minimum atomic E-state index is -0.102. The first-order chi connectivity index (χ1) is 14.6. The number of hydrogen-bond acceptors (Lipinski definition) is 3. The molecule has 3 fully saturated rings. The zero-order chi connectivity index (χ0) is 22.1. The van der Waals surface area contributed by atoms with Crippen LogP contribution >= 0.6 is 0 Å². The van der Waals surface area contributed by atoms with Crippen molar-refractivity contribution in [2.45, 2.75) is 98.5 Å². The number of esters is 1. The van der Waals surface area contributed by atoms with Crippen LogP contribution in [0, 0.1) is 40.4 Å². The SMILES string of the molecule is CC1=C(C)C(=O)OC([C@@H](C)[C@H]2CCC3C4CCC5=CC(=O)CC[C@]5(C)C4CC[C@@]32C)C1. The lowest BCUT2D eigenvalue weighted by Crippen LogP contribution is -2.51. The highest BCUT2D eigenvalue weighted by molar-refractivity contribution is 5.91. The van der Waals surface area contributed by atoms with E-state index in [9.17, 15) is 9.59 Å². The molecule has 0 saturated heterocycles. The molecule has 1 heterocycles. The molecule has 8 atom stereocenters. The van der Waals surface area contributed by atoms with Crippen molar-refractivity contribution in [3.63, 3.8) is 0 Å². The van der Waals surface area contributed by atoms with Crippen LogP contribution in [0.25, 0.3) is 0 Å². The first-order valence-electron chi connectivity index (χ1n) is 12.8. The van der Waals surface area contributed by atoms with E-state index in [0.717, 1.165) is 49.0 Å². The van der Waals surface area contributed by atoms with Crippen molar-refractivity contribution in [1.82, 2.24) is 0 Å². The zero-order valence-electron chi connectivity index (χ0n) is 20.1. The van der Waals surface area contributed by atoms with Crippen molar-refractivity contribution in [2.24, 2.45) is 40.4 Å². The Balaban J connectivity index is 1.38. The van der Waals surface area contributed by atoms with Crippen molar-refractivity contribution in [3.8, 4) is 0 Å². The van der Waals surface area contributed by atoms with Gasteiger partial charge in [0.25, 0.3) is 0 Å². The van der Waals surface area contributed by atoms with E-state index in [-0.39, 0.29) is 17.5 Å². The van der Waals surface area contributed by atoms with Crippen molar-refractivity contribution >= 4 is 11.8 Å². The third-order valence-corrected chi connectivity index (χ3v) is 11.0. The normalized spacial score (nSPS) is 46.0. The van der Waals surface area contributed by atoms with Crippen LogP contribution in [-0.2, 0) is 14.3 Å². The first kappa shape index (κ1) is 21.5. The van der Waals surface area contributed by atoms with Crippen LogP contribution in [0.3, 0.4) is 0 Å². The molecule has 0 bridgehead atoms. The summed E-state index contributed by atoms with van der Waals surface area (Å²) in [7, 11) is 0. The third-order valence-electron chi connectivity index (χ3n) is 11.0. The third kappa shape index (κ3) is 3.12. The van der Waals surface area contributed by atoms with Gasteiger partial charge in [-0.25, -0.2) is 4.79 Å². The van der Waals surface area contributed by atoms with Crippen LogP contribution in [0.15, 0.2) is 22.8 Å².